The SMILES string of the molecule is O=C(O)c1c(Br)sc2c1CC1CCC2N1. The summed E-state index contributed by atoms with van der Waals surface area (Å²) in [5.41, 5.74) is 1.55. The van der Waals surface area contributed by atoms with Gasteiger partial charge in [-0.1, -0.05) is 0 Å². The standard InChI is InChI=1S/C10H10BrNO2S/c11-9-7(10(13)14)5-3-4-1-2-6(12-4)8(5)15-9/h4,6,12H,1-3H2,(H,13,14). The Labute approximate surface area is 99.6 Å². The van der Waals surface area contributed by atoms with Gasteiger partial charge in [0.15, 0.2) is 0 Å². The van der Waals surface area contributed by atoms with Crippen LogP contribution in [0.3, 0.4) is 0 Å². The first-order chi connectivity index (χ1) is 7.16. The van der Waals surface area contributed by atoms with Crippen LogP contribution in [0.25, 0.3) is 0 Å². The van der Waals surface area contributed by atoms with Crippen molar-refractivity contribution >= 4 is 33.2 Å². The van der Waals surface area contributed by atoms with Crippen LogP contribution in [-0.4, -0.2) is 17.1 Å². The fourth-order valence-electron chi connectivity index (χ4n) is 2.58. The minimum atomic E-state index is -0.805. The second-order valence-electron chi connectivity index (χ2n) is 4.10. The average Bonchev–Trinajstić information content (AvgIpc) is 2.69. The smallest absolute Gasteiger partial charge is 0.338 e. The zero-order valence-corrected chi connectivity index (χ0v) is 10.3. The third-order valence-corrected chi connectivity index (χ3v) is 5.23. The van der Waals surface area contributed by atoms with Crippen molar-refractivity contribution < 1.29 is 9.90 Å². The molecule has 2 atom stereocenters. The summed E-state index contributed by atoms with van der Waals surface area (Å²) in [5.74, 6) is -0.805. The average molecular weight is 288 g/mol. The van der Waals surface area contributed by atoms with Crippen molar-refractivity contribution in [2.75, 3.05) is 0 Å². The Hall–Kier alpha value is -0.390. The monoisotopic (exact) mass is 287 g/mol. The zero-order valence-electron chi connectivity index (χ0n) is 7.92. The van der Waals surface area contributed by atoms with Crippen molar-refractivity contribution in [2.24, 2.45) is 0 Å². The lowest BCUT2D eigenvalue weighted by atomic mass is 9.99. The quantitative estimate of drug-likeness (QED) is 0.835. The van der Waals surface area contributed by atoms with Gasteiger partial charge in [-0.25, -0.2) is 4.79 Å². The Kier molecular flexibility index (Phi) is 2.16. The summed E-state index contributed by atoms with van der Waals surface area (Å²) in [6, 6.07) is 0.884. The van der Waals surface area contributed by atoms with E-state index in [4.69, 9.17) is 5.11 Å². The van der Waals surface area contributed by atoms with Gasteiger partial charge in [0, 0.05) is 17.0 Å². The molecule has 0 radical (unpaired) electrons. The maximum absolute atomic E-state index is 11.1. The minimum absolute atomic E-state index is 0.396. The molecule has 2 bridgehead atoms. The Bertz CT molecular complexity index is 443. The maximum atomic E-state index is 11.1. The molecule has 3 nitrogen and oxygen atoms in total. The van der Waals surface area contributed by atoms with Gasteiger partial charge in [-0.2, -0.15) is 0 Å². The van der Waals surface area contributed by atoms with Crippen molar-refractivity contribution in [2.45, 2.75) is 31.3 Å². The second-order valence-corrected chi connectivity index (χ2v) is 6.47. The van der Waals surface area contributed by atoms with Crippen LogP contribution in [-0.2, 0) is 6.42 Å². The molecule has 1 saturated heterocycles. The fourth-order valence-corrected chi connectivity index (χ4v) is 4.66. The van der Waals surface area contributed by atoms with Gasteiger partial charge in [-0.15, -0.1) is 11.3 Å². The molecule has 1 aromatic heterocycles. The van der Waals surface area contributed by atoms with Crippen molar-refractivity contribution in [3.8, 4) is 0 Å². The first kappa shape index (κ1) is 9.81. The normalized spacial score (nSPS) is 27.8. The predicted molar refractivity (Wildman–Crippen MR) is 61.6 cm³/mol. The van der Waals surface area contributed by atoms with Gasteiger partial charge >= 0.3 is 5.97 Å². The van der Waals surface area contributed by atoms with Crippen LogP contribution in [0, 0.1) is 0 Å². The van der Waals surface area contributed by atoms with E-state index in [0.717, 1.165) is 22.2 Å². The first-order valence-corrected chi connectivity index (χ1v) is 6.58. The largest absolute Gasteiger partial charge is 0.478 e. The third kappa shape index (κ3) is 1.37. The molecule has 0 amide bonds. The van der Waals surface area contributed by atoms with E-state index in [2.05, 4.69) is 21.2 Å². The molecule has 2 N–H and O–H groups in total. The van der Waals surface area contributed by atoms with Crippen molar-refractivity contribution in [3.05, 3.63) is 19.8 Å². The molecule has 0 saturated carbocycles. The lowest BCUT2D eigenvalue weighted by molar-refractivity contribution is 0.0695. The summed E-state index contributed by atoms with van der Waals surface area (Å²) in [6.45, 7) is 0. The van der Waals surface area contributed by atoms with Crippen molar-refractivity contribution in [1.82, 2.24) is 5.32 Å². The minimum Gasteiger partial charge on any atom is -0.478 e. The van der Waals surface area contributed by atoms with E-state index in [1.54, 1.807) is 11.3 Å². The number of carboxylic acids is 1. The molecule has 3 heterocycles. The van der Waals surface area contributed by atoms with Gasteiger partial charge in [-0.05, 0) is 40.8 Å². The fraction of sp³-hybridized carbons (Fsp3) is 0.500. The van der Waals surface area contributed by atoms with Gasteiger partial charge < -0.3 is 10.4 Å². The number of halogens is 1. The molecule has 0 aromatic carbocycles. The Balaban J connectivity index is 2.17. The van der Waals surface area contributed by atoms with Gasteiger partial charge in [-0.3, -0.25) is 0 Å². The van der Waals surface area contributed by atoms with Gasteiger partial charge in [0.1, 0.15) is 0 Å². The molecule has 5 heteroatoms. The van der Waals surface area contributed by atoms with Gasteiger partial charge in [0.25, 0.3) is 0 Å². The van der Waals surface area contributed by atoms with Crippen LogP contribution in [0.2, 0.25) is 0 Å². The van der Waals surface area contributed by atoms with E-state index in [1.165, 1.54) is 11.3 Å². The van der Waals surface area contributed by atoms with Crippen LogP contribution < -0.4 is 5.32 Å². The molecule has 2 aliphatic heterocycles. The molecule has 1 fully saturated rings. The van der Waals surface area contributed by atoms with E-state index in [9.17, 15) is 4.79 Å². The van der Waals surface area contributed by atoms with E-state index < -0.39 is 5.97 Å². The highest BCUT2D eigenvalue weighted by molar-refractivity contribution is 9.11. The third-order valence-electron chi connectivity index (χ3n) is 3.22. The number of fused-ring (bicyclic) bond motifs is 4. The van der Waals surface area contributed by atoms with E-state index in [1.807, 2.05) is 0 Å². The molecule has 80 valence electrons. The highest BCUT2D eigenvalue weighted by Gasteiger charge is 2.37. The molecule has 2 unspecified atom stereocenters. The molecule has 1 aromatic rings. The van der Waals surface area contributed by atoms with Crippen LogP contribution in [0.5, 0.6) is 0 Å². The van der Waals surface area contributed by atoms with E-state index in [0.29, 0.717) is 17.6 Å². The summed E-state index contributed by atoms with van der Waals surface area (Å²) in [7, 11) is 0. The number of nitrogens with one attached hydrogen (secondary N) is 1. The number of carboxylic acid groups (broad SMARTS) is 1. The Morgan fingerprint density at radius 2 is 2.33 bits per heavy atom. The number of carbonyl (C=O) groups is 1. The summed E-state index contributed by atoms with van der Waals surface area (Å²) >= 11 is 4.94. The second kappa shape index (κ2) is 3.30. The first-order valence-electron chi connectivity index (χ1n) is 4.97. The summed E-state index contributed by atoms with van der Waals surface area (Å²) in [4.78, 5) is 12.4. The summed E-state index contributed by atoms with van der Waals surface area (Å²) in [6.07, 6.45) is 3.18. The molecule has 2 aliphatic rings. The lowest BCUT2D eigenvalue weighted by Gasteiger charge is -2.21. The van der Waals surface area contributed by atoms with Crippen LogP contribution in [0.15, 0.2) is 3.79 Å². The Morgan fingerprint density at radius 1 is 1.53 bits per heavy atom. The molecule has 15 heavy (non-hydrogen) atoms. The van der Waals surface area contributed by atoms with E-state index in [-0.39, 0.29) is 0 Å². The molecule has 0 spiro atoms. The summed E-state index contributed by atoms with van der Waals surface area (Å²) in [5, 5.41) is 12.7. The number of thiophene rings is 1. The lowest BCUT2D eigenvalue weighted by Crippen LogP contribution is -2.31. The highest BCUT2D eigenvalue weighted by atomic mass is 79.9. The van der Waals surface area contributed by atoms with Crippen molar-refractivity contribution in [3.63, 3.8) is 0 Å². The summed E-state index contributed by atoms with van der Waals surface area (Å²) < 4.78 is 0.773. The molecular weight excluding hydrogens is 278 g/mol. The number of rotatable bonds is 1. The highest BCUT2D eigenvalue weighted by Crippen LogP contribution is 2.45. The van der Waals surface area contributed by atoms with Gasteiger partial charge in [0.05, 0.1) is 9.35 Å². The number of hydrogen-bond acceptors (Lipinski definition) is 3. The molecule has 3 rings (SSSR count). The maximum Gasteiger partial charge on any atom is 0.338 e. The van der Waals surface area contributed by atoms with Crippen LogP contribution in [0.1, 0.15) is 39.7 Å². The van der Waals surface area contributed by atoms with E-state index >= 15 is 0 Å². The Morgan fingerprint density at radius 3 is 3.07 bits per heavy atom. The van der Waals surface area contributed by atoms with Crippen molar-refractivity contribution in [1.29, 1.82) is 0 Å². The topological polar surface area (TPSA) is 49.3 Å². The molecular formula is C10H10BrNO2S. The number of aromatic carboxylic acids is 1. The van der Waals surface area contributed by atoms with Crippen LogP contribution >= 0.6 is 27.3 Å². The number of hydrogen-bond donors (Lipinski definition) is 2. The zero-order chi connectivity index (χ0) is 10.6. The van der Waals surface area contributed by atoms with Crippen LogP contribution in [0.4, 0.5) is 0 Å². The van der Waals surface area contributed by atoms with Gasteiger partial charge in [0.2, 0.25) is 0 Å². The predicted octanol–water partition coefficient (Wildman–Crippen LogP) is 2.56. The molecule has 0 aliphatic carbocycles.